The van der Waals surface area contributed by atoms with Gasteiger partial charge in [-0.05, 0) is 83.2 Å². The van der Waals surface area contributed by atoms with E-state index in [1.165, 1.54) is 36.0 Å². The van der Waals surface area contributed by atoms with Crippen LogP contribution in [0.2, 0.25) is 0 Å². The van der Waals surface area contributed by atoms with E-state index in [2.05, 4.69) is 100 Å². The van der Waals surface area contributed by atoms with Crippen molar-refractivity contribution in [2.45, 2.75) is 45.9 Å². The summed E-state index contributed by atoms with van der Waals surface area (Å²) in [5.74, 6) is 1.52. The summed E-state index contributed by atoms with van der Waals surface area (Å²) >= 11 is 3.76. The number of piperidine rings is 1. The van der Waals surface area contributed by atoms with Gasteiger partial charge in [-0.15, -0.1) is 12.8 Å². The summed E-state index contributed by atoms with van der Waals surface area (Å²) in [5.41, 5.74) is 7.26. The molecule has 226 valence electrons. The fraction of sp³-hybridized carbons (Fsp3) is 0.250. The molecule has 44 heavy (non-hydrogen) atoms. The van der Waals surface area contributed by atoms with E-state index in [0.717, 1.165) is 52.3 Å². The quantitative estimate of drug-likeness (QED) is 0.145. The Hall–Kier alpha value is -4.63. The summed E-state index contributed by atoms with van der Waals surface area (Å²) in [7, 11) is 0. The Bertz CT molecular complexity index is 1560. The fourth-order valence-corrected chi connectivity index (χ4v) is 5.52. The Morgan fingerprint density at radius 1 is 0.955 bits per heavy atom. The molecule has 3 aromatic carbocycles. The highest BCUT2D eigenvalue weighted by Crippen LogP contribution is 2.36. The van der Waals surface area contributed by atoms with Gasteiger partial charge in [-0.3, -0.25) is 14.7 Å². The Morgan fingerprint density at radius 2 is 1.66 bits per heavy atom. The molecule has 1 N–H and O–H groups in total. The maximum absolute atomic E-state index is 9.24. The molecule has 0 spiro atoms. The van der Waals surface area contributed by atoms with Crippen LogP contribution < -0.4 is 9.47 Å². The van der Waals surface area contributed by atoms with Crippen molar-refractivity contribution < 1.29 is 19.4 Å². The van der Waals surface area contributed by atoms with Crippen molar-refractivity contribution in [1.29, 1.82) is 5.26 Å². The summed E-state index contributed by atoms with van der Waals surface area (Å²) in [6.45, 7) is 5.69. The number of benzene rings is 3. The summed E-state index contributed by atoms with van der Waals surface area (Å²) in [6, 6.07) is 24.9. The monoisotopic (exact) mass is 653 g/mol. The molecule has 0 aliphatic carbocycles. The lowest BCUT2D eigenvalue weighted by Gasteiger charge is -2.27. The molecule has 0 radical (unpaired) electrons. The molecule has 0 unspecified atom stereocenters. The Morgan fingerprint density at radius 3 is 2.36 bits per heavy atom. The highest BCUT2D eigenvalue weighted by Gasteiger charge is 2.17. The third-order valence-electron chi connectivity index (χ3n) is 7.19. The van der Waals surface area contributed by atoms with Gasteiger partial charge in [0.15, 0.2) is 0 Å². The van der Waals surface area contributed by atoms with E-state index in [4.69, 9.17) is 19.4 Å². The summed E-state index contributed by atoms with van der Waals surface area (Å²) in [6.07, 6.45) is 15.1. The summed E-state index contributed by atoms with van der Waals surface area (Å²) in [4.78, 5) is 15.0. The van der Waals surface area contributed by atoms with Gasteiger partial charge in [-0.1, -0.05) is 55.0 Å². The zero-order valence-electron chi connectivity index (χ0n) is 24.8. The largest absolute Gasteiger partial charge is 0.488 e. The molecule has 1 fully saturated rings. The number of ether oxygens (including phenoxy) is 2. The van der Waals surface area contributed by atoms with Gasteiger partial charge in [0.1, 0.15) is 30.8 Å². The lowest BCUT2D eigenvalue weighted by molar-refractivity contribution is -0.122. The number of rotatable bonds is 9. The van der Waals surface area contributed by atoms with Crippen LogP contribution in [0.15, 0.2) is 83.6 Å². The van der Waals surface area contributed by atoms with E-state index in [-0.39, 0.29) is 6.47 Å². The highest BCUT2D eigenvalue weighted by molar-refractivity contribution is 9.10. The van der Waals surface area contributed by atoms with E-state index < -0.39 is 0 Å². The Kier molecular flexibility index (Phi) is 14.0. The standard InChI is InChI=1S/C33H32BrN3O2.C2H2.CH2O2/c1-24-28(11-8-12-30(24)27-9-4-2-5-10-27)23-39-33-17-32(38-22-26-15-25(18-35)19-36-20-26)29(16-31(33)34)21-37-13-6-3-7-14-37;1-2;2-1-3/h2,4-5,8-12,15-17,19-20H,3,6-7,13-14,21-23H2,1H3;1-2H;1H,(H,2,3). The van der Waals surface area contributed by atoms with Gasteiger partial charge in [0.2, 0.25) is 0 Å². The molecular weight excluding hydrogens is 618 g/mol. The predicted octanol–water partition coefficient (Wildman–Crippen LogP) is 7.79. The number of nitrogens with zero attached hydrogens (tertiary/aromatic N) is 3. The predicted molar refractivity (Wildman–Crippen MR) is 176 cm³/mol. The van der Waals surface area contributed by atoms with Crippen molar-refractivity contribution in [2.75, 3.05) is 13.1 Å². The molecule has 1 aliphatic heterocycles. The molecule has 0 saturated carbocycles. The minimum absolute atomic E-state index is 0.250. The topological polar surface area (TPSA) is 95.7 Å². The third-order valence-corrected chi connectivity index (χ3v) is 7.81. The van der Waals surface area contributed by atoms with Crippen molar-refractivity contribution in [3.05, 3.63) is 111 Å². The Labute approximate surface area is 268 Å². The number of likely N-dealkylation sites (tertiary alicyclic amines) is 1. The summed E-state index contributed by atoms with van der Waals surface area (Å²) < 4.78 is 13.6. The normalized spacial score (nSPS) is 12.3. The van der Waals surface area contributed by atoms with Gasteiger partial charge in [0.25, 0.3) is 6.47 Å². The van der Waals surface area contributed by atoms with E-state index in [1.54, 1.807) is 12.4 Å². The first-order chi connectivity index (χ1) is 21.5. The maximum atomic E-state index is 9.24. The smallest absolute Gasteiger partial charge is 0.290 e. The first-order valence-corrected chi connectivity index (χ1v) is 15.0. The highest BCUT2D eigenvalue weighted by atomic mass is 79.9. The van der Waals surface area contributed by atoms with Crippen LogP contribution in [-0.4, -0.2) is 34.6 Å². The van der Waals surface area contributed by atoms with Crippen molar-refractivity contribution in [3.8, 4) is 41.5 Å². The second-order valence-corrected chi connectivity index (χ2v) is 10.9. The van der Waals surface area contributed by atoms with Crippen LogP contribution in [0.1, 0.15) is 47.1 Å². The van der Waals surface area contributed by atoms with Gasteiger partial charge in [-0.2, -0.15) is 5.26 Å². The minimum atomic E-state index is -0.250. The fourth-order valence-electron chi connectivity index (χ4n) is 5.02. The number of pyridine rings is 1. The first-order valence-electron chi connectivity index (χ1n) is 14.2. The zero-order chi connectivity index (χ0) is 31.7. The SMILES string of the molecule is C#C.Cc1c(COc2cc(OCc3cncc(C#N)c3)c(CN3CCCCC3)cc2Br)cccc1-c1ccccc1.O=CO. The molecule has 8 heteroatoms. The van der Waals surface area contributed by atoms with Crippen LogP contribution in [0.4, 0.5) is 0 Å². The summed E-state index contributed by atoms with van der Waals surface area (Å²) in [5, 5.41) is 16.1. The molecule has 0 atom stereocenters. The molecule has 7 nitrogen and oxygen atoms in total. The van der Waals surface area contributed by atoms with E-state index in [0.29, 0.717) is 18.8 Å². The second-order valence-electron chi connectivity index (χ2n) is 10.1. The molecule has 1 aromatic heterocycles. The zero-order valence-corrected chi connectivity index (χ0v) is 26.4. The third kappa shape index (κ3) is 9.70. The van der Waals surface area contributed by atoms with Crippen molar-refractivity contribution in [2.24, 2.45) is 0 Å². The molecule has 5 rings (SSSR count). The molecule has 1 saturated heterocycles. The maximum Gasteiger partial charge on any atom is 0.290 e. The molecule has 0 amide bonds. The number of carbonyl (C=O) groups is 1. The number of nitriles is 1. The average molecular weight is 655 g/mol. The first kappa shape index (κ1) is 33.9. The van der Waals surface area contributed by atoms with E-state index in [1.807, 2.05) is 18.2 Å². The molecule has 4 aromatic rings. The van der Waals surface area contributed by atoms with Gasteiger partial charge < -0.3 is 14.6 Å². The number of hydrogen-bond acceptors (Lipinski definition) is 6. The number of hydrogen-bond donors (Lipinski definition) is 1. The van der Waals surface area contributed by atoms with Crippen molar-refractivity contribution in [3.63, 3.8) is 0 Å². The molecule has 1 aliphatic rings. The van der Waals surface area contributed by atoms with Crippen LogP contribution in [0.5, 0.6) is 11.5 Å². The van der Waals surface area contributed by atoms with Crippen LogP contribution in [0.3, 0.4) is 0 Å². The van der Waals surface area contributed by atoms with E-state index in [9.17, 15) is 5.26 Å². The number of carboxylic acid groups (broad SMARTS) is 1. The van der Waals surface area contributed by atoms with Crippen LogP contribution >= 0.6 is 15.9 Å². The Balaban J connectivity index is 0.000000997. The van der Waals surface area contributed by atoms with Crippen LogP contribution in [0.25, 0.3) is 11.1 Å². The lowest BCUT2D eigenvalue weighted by Crippen LogP contribution is -2.29. The van der Waals surface area contributed by atoms with Gasteiger partial charge in [-0.25, -0.2) is 0 Å². The second kappa shape index (κ2) is 18.1. The number of halogens is 1. The number of terminal acetylenes is 1. The van der Waals surface area contributed by atoms with Crippen LogP contribution in [-0.2, 0) is 24.6 Å². The number of aromatic nitrogens is 1. The van der Waals surface area contributed by atoms with Crippen molar-refractivity contribution >= 4 is 22.4 Å². The molecular formula is C36H36BrN3O4. The minimum Gasteiger partial charge on any atom is -0.488 e. The van der Waals surface area contributed by atoms with Crippen LogP contribution in [0, 0.1) is 31.1 Å². The van der Waals surface area contributed by atoms with E-state index >= 15 is 0 Å². The van der Waals surface area contributed by atoms with Gasteiger partial charge in [0, 0.05) is 36.1 Å². The average Bonchev–Trinajstić information content (AvgIpc) is 3.06. The lowest BCUT2D eigenvalue weighted by atomic mass is 9.97. The molecule has 2 heterocycles. The van der Waals surface area contributed by atoms with Gasteiger partial charge >= 0.3 is 0 Å². The van der Waals surface area contributed by atoms with Gasteiger partial charge in [0.05, 0.1) is 10.0 Å². The molecule has 0 bridgehead atoms. The van der Waals surface area contributed by atoms with Crippen molar-refractivity contribution in [1.82, 2.24) is 9.88 Å².